The monoisotopic (exact) mass is 354 g/mol. The minimum atomic E-state index is -1.09. The number of halogens is 1. The summed E-state index contributed by atoms with van der Waals surface area (Å²) >= 11 is 6.12. The Morgan fingerprint density at radius 1 is 1.35 bits per heavy atom. The molecule has 0 unspecified atom stereocenters. The molecule has 126 valence electrons. The van der Waals surface area contributed by atoms with Gasteiger partial charge in [0.1, 0.15) is 6.73 Å². The van der Waals surface area contributed by atoms with Gasteiger partial charge in [0.05, 0.1) is 19.0 Å². The number of carbonyl (C=O) groups is 1. The van der Waals surface area contributed by atoms with Gasteiger partial charge in [-0.15, -0.1) is 0 Å². The first kappa shape index (κ1) is 18.0. The Kier molecular flexibility index (Phi) is 5.83. The van der Waals surface area contributed by atoms with Crippen LogP contribution in [-0.4, -0.2) is 37.5 Å². The molecule has 5 nitrogen and oxygen atoms in total. The van der Waals surface area contributed by atoms with Gasteiger partial charge in [0.2, 0.25) is 0 Å². The van der Waals surface area contributed by atoms with Crippen molar-refractivity contribution in [2.24, 2.45) is 0 Å². The number of aromatic nitrogens is 2. The van der Waals surface area contributed by atoms with Crippen LogP contribution in [0.1, 0.15) is 5.56 Å². The number of fused-ring (bicyclic) bond motifs is 1. The molecular weight excluding hydrogens is 332 g/mol. The minimum Gasteiger partial charge on any atom is -0.469 e. The molecule has 2 aromatic rings. The van der Waals surface area contributed by atoms with E-state index in [4.69, 9.17) is 21.1 Å². The summed E-state index contributed by atoms with van der Waals surface area (Å²) in [5, 5.41) is 5.98. The van der Waals surface area contributed by atoms with Gasteiger partial charge in [-0.25, -0.2) is 4.68 Å². The van der Waals surface area contributed by atoms with Gasteiger partial charge in [0, 0.05) is 31.3 Å². The van der Waals surface area contributed by atoms with E-state index in [1.807, 2.05) is 12.3 Å². The van der Waals surface area contributed by atoms with Crippen molar-refractivity contribution in [1.29, 1.82) is 0 Å². The van der Waals surface area contributed by atoms with Crippen LogP contribution < -0.4 is 0 Å². The third-order valence-electron chi connectivity index (χ3n) is 3.48. The SMILES string of the molecule is COC(=O)Cc1cc(Cl)cc2cn(COCC[Si](C)(C)C)nc12. The first-order valence-electron chi connectivity index (χ1n) is 7.58. The highest BCUT2D eigenvalue weighted by molar-refractivity contribution is 6.76. The van der Waals surface area contributed by atoms with E-state index in [-0.39, 0.29) is 12.4 Å². The maximum atomic E-state index is 11.5. The standard InChI is InChI=1S/C16H23ClN2O3Si/c1-21-15(20)9-12-7-14(17)8-13-10-19(18-16(12)13)11-22-5-6-23(2,3)4/h7-8,10H,5-6,9,11H2,1-4H3. The van der Waals surface area contributed by atoms with E-state index in [0.29, 0.717) is 11.8 Å². The predicted molar refractivity (Wildman–Crippen MR) is 94.6 cm³/mol. The lowest BCUT2D eigenvalue weighted by Gasteiger charge is -2.15. The van der Waals surface area contributed by atoms with Crippen molar-refractivity contribution in [1.82, 2.24) is 9.78 Å². The van der Waals surface area contributed by atoms with E-state index in [0.717, 1.165) is 29.1 Å². The molecule has 0 atom stereocenters. The Hall–Kier alpha value is -1.37. The summed E-state index contributed by atoms with van der Waals surface area (Å²) in [6.45, 7) is 8.09. The predicted octanol–water partition coefficient (Wildman–Crippen LogP) is 3.72. The van der Waals surface area contributed by atoms with E-state index in [9.17, 15) is 4.79 Å². The highest BCUT2D eigenvalue weighted by Gasteiger charge is 2.14. The van der Waals surface area contributed by atoms with Crippen LogP contribution in [0.4, 0.5) is 0 Å². The van der Waals surface area contributed by atoms with Gasteiger partial charge in [-0.3, -0.25) is 4.79 Å². The van der Waals surface area contributed by atoms with Crippen LogP contribution in [0.5, 0.6) is 0 Å². The van der Waals surface area contributed by atoms with Crippen molar-refractivity contribution in [2.45, 2.75) is 38.8 Å². The Morgan fingerprint density at radius 3 is 2.74 bits per heavy atom. The molecule has 7 heteroatoms. The molecule has 0 radical (unpaired) electrons. The molecule has 23 heavy (non-hydrogen) atoms. The van der Waals surface area contributed by atoms with Gasteiger partial charge in [-0.1, -0.05) is 31.2 Å². The molecule has 0 spiro atoms. The average Bonchev–Trinajstić information content (AvgIpc) is 2.85. The van der Waals surface area contributed by atoms with Gasteiger partial charge in [-0.05, 0) is 23.7 Å². The van der Waals surface area contributed by atoms with Crippen LogP contribution in [0.2, 0.25) is 30.7 Å². The second kappa shape index (κ2) is 7.46. The topological polar surface area (TPSA) is 53.4 Å². The molecule has 1 aromatic heterocycles. The Morgan fingerprint density at radius 2 is 2.09 bits per heavy atom. The number of ether oxygens (including phenoxy) is 2. The van der Waals surface area contributed by atoms with Crippen molar-refractivity contribution >= 4 is 36.5 Å². The number of carbonyl (C=O) groups excluding carboxylic acids is 1. The summed E-state index contributed by atoms with van der Waals surface area (Å²) in [7, 11) is 0.280. The molecule has 0 aliphatic rings. The second-order valence-corrected chi connectivity index (χ2v) is 12.8. The highest BCUT2D eigenvalue weighted by Crippen LogP contribution is 2.24. The molecular formula is C16H23ClN2O3Si. The van der Waals surface area contributed by atoms with Crippen molar-refractivity contribution in [2.75, 3.05) is 13.7 Å². The lowest BCUT2D eigenvalue weighted by Crippen LogP contribution is -2.22. The van der Waals surface area contributed by atoms with Crippen molar-refractivity contribution in [3.8, 4) is 0 Å². The Bertz CT molecular complexity index is 694. The molecule has 0 saturated heterocycles. The molecule has 0 amide bonds. The van der Waals surface area contributed by atoms with Crippen LogP contribution in [0.15, 0.2) is 18.3 Å². The molecule has 0 fully saturated rings. The minimum absolute atomic E-state index is 0.154. The largest absolute Gasteiger partial charge is 0.469 e. The normalized spacial score (nSPS) is 11.9. The zero-order valence-electron chi connectivity index (χ0n) is 14.1. The molecule has 1 heterocycles. The lowest BCUT2D eigenvalue weighted by atomic mass is 10.1. The maximum Gasteiger partial charge on any atom is 0.310 e. The quantitative estimate of drug-likeness (QED) is 0.432. The van der Waals surface area contributed by atoms with Gasteiger partial charge >= 0.3 is 5.97 Å². The summed E-state index contributed by atoms with van der Waals surface area (Å²) in [5.74, 6) is -0.311. The zero-order valence-corrected chi connectivity index (χ0v) is 15.8. The summed E-state index contributed by atoms with van der Waals surface area (Å²) < 4.78 is 12.2. The smallest absolute Gasteiger partial charge is 0.310 e. The van der Waals surface area contributed by atoms with E-state index >= 15 is 0 Å². The van der Waals surface area contributed by atoms with Crippen LogP contribution >= 0.6 is 11.6 Å². The maximum absolute atomic E-state index is 11.5. The van der Waals surface area contributed by atoms with Crippen LogP contribution in [0.25, 0.3) is 10.9 Å². The van der Waals surface area contributed by atoms with Crippen LogP contribution in [-0.2, 0) is 27.4 Å². The summed E-state index contributed by atoms with van der Waals surface area (Å²) in [4.78, 5) is 11.5. The number of hydrogen-bond acceptors (Lipinski definition) is 4. The number of esters is 1. The zero-order chi connectivity index (χ0) is 17.0. The average molecular weight is 355 g/mol. The third-order valence-corrected chi connectivity index (χ3v) is 5.40. The first-order chi connectivity index (χ1) is 10.8. The third kappa shape index (κ3) is 5.33. The van der Waals surface area contributed by atoms with Crippen molar-refractivity contribution in [3.05, 3.63) is 28.9 Å². The lowest BCUT2D eigenvalue weighted by molar-refractivity contribution is -0.139. The van der Waals surface area contributed by atoms with Gasteiger partial charge in [-0.2, -0.15) is 5.10 Å². The highest BCUT2D eigenvalue weighted by atomic mass is 35.5. The molecule has 0 bridgehead atoms. The molecule has 1 aromatic carbocycles. The van der Waals surface area contributed by atoms with Gasteiger partial charge < -0.3 is 9.47 Å². The van der Waals surface area contributed by atoms with E-state index < -0.39 is 8.07 Å². The number of benzene rings is 1. The molecule has 0 aliphatic heterocycles. The summed E-state index contributed by atoms with van der Waals surface area (Å²) in [5.41, 5.74) is 1.52. The molecule has 0 aliphatic carbocycles. The molecule has 0 N–H and O–H groups in total. The summed E-state index contributed by atoms with van der Waals surface area (Å²) in [6, 6.07) is 4.71. The Balaban J connectivity index is 2.11. The second-order valence-electron chi connectivity index (χ2n) is 6.77. The van der Waals surface area contributed by atoms with Crippen molar-refractivity contribution in [3.63, 3.8) is 0 Å². The van der Waals surface area contributed by atoms with Gasteiger partial charge in [0.25, 0.3) is 0 Å². The molecule has 0 saturated carbocycles. The summed E-state index contributed by atoms with van der Waals surface area (Å²) in [6.07, 6.45) is 2.04. The number of rotatable bonds is 7. The van der Waals surface area contributed by atoms with Crippen LogP contribution in [0, 0.1) is 0 Å². The van der Waals surface area contributed by atoms with E-state index in [1.165, 1.54) is 7.11 Å². The fourth-order valence-corrected chi connectivity index (χ4v) is 3.19. The fourth-order valence-electron chi connectivity index (χ4n) is 2.18. The number of hydrogen-bond donors (Lipinski definition) is 0. The van der Waals surface area contributed by atoms with Gasteiger partial charge in [0.15, 0.2) is 0 Å². The Labute approximate surface area is 142 Å². The van der Waals surface area contributed by atoms with Crippen molar-refractivity contribution < 1.29 is 14.3 Å². The first-order valence-corrected chi connectivity index (χ1v) is 11.7. The fraction of sp³-hybridized carbons (Fsp3) is 0.500. The van der Waals surface area contributed by atoms with E-state index in [2.05, 4.69) is 24.7 Å². The molecule has 2 rings (SSSR count). The van der Waals surface area contributed by atoms with Crippen LogP contribution in [0.3, 0.4) is 0 Å². The number of methoxy groups -OCH3 is 1. The number of nitrogens with zero attached hydrogens (tertiary/aromatic N) is 2. The van der Waals surface area contributed by atoms with E-state index in [1.54, 1.807) is 10.7 Å².